The normalized spacial score (nSPS) is 20.2. The second-order valence-corrected chi connectivity index (χ2v) is 5.96. The number of phenolic OH excluding ortho intramolecular Hbond substituents is 1. The van der Waals surface area contributed by atoms with E-state index in [1.165, 1.54) is 0 Å². The molecule has 1 atom stereocenters. The van der Waals surface area contributed by atoms with Crippen molar-refractivity contribution < 1.29 is 5.11 Å². The summed E-state index contributed by atoms with van der Waals surface area (Å²) in [6, 6.07) is 5.74. The summed E-state index contributed by atoms with van der Waals surface area (Å²) in [5, 5.41) is 9.99. The molecule has 0 aliphatic carbocycles. The van der Waals surface area contributed by atoms with Gasteiger partial charge in [0.1, 0.15) is 11.3 Å². The van der Waals surface area contributed by atoms with Gasteiger partial charge < -0.3 is 15.0 Å². The van der Waals surface area contributed by atoms with Gasteiger partial charge in [0.2, 0.25) is 0 Å². The average molecular weight is 275 g/mol. The van der Waals surface area contributed by atoms with E-state index >= 15 is 0 Å². The fourth-order valence-electron chi connectivity index (χ4n) is 3.11. The number of likely N-dealkylation sites (tertiary alicyclic amines) is 1. The van der Waals surface area contributed by atoms with Crippen LogP contribution in [0.25, 0.3) is 11.0 Å². The van der Waals surface area contributed by atoms with E-state index in [-0.39, 0.29) is 11.4 Å². The van der Waals surface area contributed by atoms with Gasteiger partial charge in [-0.3, -0.25) is 4.57 Å². The van der Waals surface area contributed by atoms with Gasteiger partial charge in [-0.15, -0.1) is 0 Å². The van der Waals surface area contributed by atoms with Crippen LogP contribution in [0.4, 0.5) is 0 Å². The Labute approximate surface area is 117 Å². The molecule has 0 amide bonds. The summed E-state index contributed by atoms with van der Waals surface area (Å²) in [7, 11) is 0. The van der Waals surface area contributed by atoms with Crippen LogP contribution in [-0.2, 0) is 6.54 Å². The molecule has 2 N–H and O–H groups in total. The SMILES string of the molecule is CC(C)N1CCC(Cn2c(=O)[nH]c3cccc(O)c32)C1. The molecule has 1 fully saturated rings. The predicted molar refractivity (Wildman–Crippen MR) is 79.0 cm³/mol. The standard InChI is InChI=1S/C15H21N3O2/c1-10(2)17-7-6-11(8-17)9-18-14-12(16-15(18)20)4-3-5-13(14)19/h3-5,10-11,19H,6-9H2,1-2H3,(H,16,20). The van der Waals surface area contributed by atoms with Crippen molar-refractivity contribution in [2.75, 3.05) is 13.1 Å². The van der Waals surface area contributed by atoms with Gasteiger partial charge in [0.25, 0.3) is 0 Å². The highest BCUT2D eigenvalue weighted by Gasteiger charge is 2.25. The zero-order valence-corrected chi connectivity index (χ0v) is 12.0. The molecule has 2 aromatic rings. The molecule has 3 rings (SSSR count). The number of aromatic nitrogens is 2. The van der Waals surface area contributed by atoms with Gasteiger partial charge in [-0.25, -0.2) is 4.79 Å². The molecule has 20 heavy (non-hydrogen) atoms. The first-order valence-corrected chi connectivity index (χ1v) is 7.21. The van der Waals surface area contributed by atoms with Crippen LogP contribution in [0.3, 0.4) is 0 Å². The van der Waals surface area contributed by atoms with Crippen LogP contribution < -0.4 is 5.69 Å². The third-order valence-electron chi connectivity index (χ3n) is 4.26. The third kappa shape index (κ3) is 2.22. The van der Waals surface area contributed by atoms with E-state index in [2.05, 4.69) is 23.7 Å². The zero-order valence-electron chi connectivity index (χ0n) is 12.0. The Bertz CT molecular complexity index is 671. The van der Waals surface area contributed by atoms with Crippen LogP contribution in [0.5, 0.6) is 5.75 Å². The summed E-state index contributed by atoms with van der Waals surface area (Å²) in [5.74, 6) is 0.633. The summed E-state index contributed by atoms with van der Waals surface area (Å²) in [6.07, 6.45) is 1.10. The minimum Gasteiger partial charge on any atom is -0.506 e. The topological polar surface area (TPSA) is 61.3 Å². The lowest BCUT2D eigenvalue weighted by Crippen LogP contribution is -2.29. The highest BCUT2D eigenvalue weighted by Crippen LogP contribution is 2.25. The molecule has 1 aromatic heterocycles. The van der Waals surface area contributed by atoms with Crippen molar-refractivity contribution >= 4 is 11.0 Å². The van der Waals surface area contributed by atoms with Crippen molar-refractivity contribution in [3.8, 4) is 5.75 Å². The van der Waals surface area contributed by atoms with Crippen molar-refractivity contribution in [1.82, 2.24) is 14.5 Å². The first-order chi connectivity index (χ1) is 9.56. The van der Waals surface area contributed by atoms with E-state index in [0.29, 0.717) is 29.5 Å². The van der Waals surface area contributed by atoms with Crippen LogP contribution in [0.2, 0.25) is 0 Å². The number of aromatic hydroxyl groups is 1. The Kier molecular flexibility index (Phi) is 3.30. The quantitative estimate of drug-likeness (QED) is 0.897. The molecule has 1 saturated heterocycles. The molecule has 0 spiro atoms. The maximum Gasteiger partial charge on any atom is 0.326 e. The van der Waals surface area contributed by atoms with E-state index in [1.54, 1.807) is 16.7 Å². The number of nitrogens with one attached hydrogen (secondary N) is 1. The Morgan fingerprint density at radius 3 is 2.95 bits per heavy atom. The van der Waals surface area contributed by atoms with Crippen molar-refractivity contribution in [3.63, 3.8) is 0 Å². The number of hydrogen-bond donors (Lipinski definition) is 2. The van der Waals surface area contributed by atoms with Crippen LogP contribution in [0.1, 0.15) is 20.3 Å². The van der Waals surface area contributed by atoms with Crippen molar-refractivity contribution in [3.05, 3.63) is 28.7 Å². The molecule has 2 heterocycles. The lowest BCUT2D eigenvalue weighted by molar-refractivity contribution is 0.260. The Balaban J connectivity index is 1.89. The highest BCUT2D eigenvalue weighted by atomic mass is 16.3. The van der Waals surface area contributed by atoms with Gasteiger partial charge in [-0.2, -0.15) is 0 Å². The van der Waals surface area contributed by atoms with Gasteiger partial charge >= 0.3 is 5.69 Å². The Morgan fingerprint density at radius 2 is 2.25 bits per heavy atom. The number of nitrogens with zero attached hydrogens (tertiary/aromatic N) is 2. The molecule has 0 radical (unpaired) electrons. The smallest absolute Gasteiger partial charge is 0.326 e. The number of H-pyrrole nitrogens is 1. The molecule has 0 bridgehead atoms. The molecular formula is C15H21N3O2. The van der Waals surface area contributed by atoms with E-state index in [0.717, 1.165) is 19.5 Å². The Hall–Kier alpha value is -1.75. The predicted octanol–water partition coefficient (Wildman–Crippen LogP) is 1.77. The number of rotatable bonds is 3. The minimum absolute atomic E-state index is 0.135. The van der Waals surface area contributed by atoms with Gasteiger partial charge in [0.05, 0.1) is 5.52 Å². The third-order valence-corrected chi connectivity index (χ3v) is 4.26. The summed E-state index contributed by atoms with van der Waals surface area (Å²) in [4.78, 5) is 17.3. The number of benzene rings is 1. The Morgan fingerprint density at radius 1 is 1.45 bits per heavy atom. The summed E-state index contributed by atoms with van der Waals surface area (Å²) in [5.41, 5.74) is 1.19. The van der Waals surface area contributed by atoms with E-state index < -0.39 is 0 Å². The molecule has 0 saturated carbocycles. The number of para-hydroxylation sites is 1. The number of aromatic amines is 1. The molecule has 5 heteroatoms. The fourth-order valence-corrected chi connectivity index (χ4v) is 3.11. The summed E-state index contributed by atoms with van der Waals surface area (Å²) in [6.45, 7) is 7.17. The number of phenols is 1. The molecule has 5 nitrogen and oxygen atoms in total. The second kappa shape index (κ2) is 4.98. The van der Waals surface area contributed by atoms with Gasteiger partial charge in [-0.05, 0) is 44.9 Å². The van der Waals surface area contributed by atoms with Crippen LogP contribution in [0, 0.1) is 5.92 Å². The maximum absolute atomic E-state index is 12.1. The van der Waals surface area contributed by atoms with Gasteiger partial charge in [0, 0.05) is 19.1 Å². The van der Waals surface area contributed by atoms with Crippen LogP contribution in [-0.4, -0.2) is 38.7 Å². The number of hydrogen-bond acceptors (Lipinski definition) is 3. The minimum atomic E-state index is -0.135. The van der Waals surface area contributed by atoms with Crippen LogP contribution in [0.15, 0.2) is 23.0 Å². The zero-order chi connectivity index (χ0) is 14.3. The summed E-state index contributed by atoms with van der Waals surface area (Å²) < 4.78 is 1.68. The fraction of sp³-hybridized carbons (Fsp3) is 0.533. The summed E-state index contributed by atoms with van der Waals surface area (Å²) >= 11 is 0. The van der Waals surface area contributed by atoms with E-state index in [9.17, 15) is 9.90 Å². The van der Waals surface area contributed by atoms with Crippen LogP contribution >= 0.6 is 0 Å². The molecule has 1 unspecified atom stereocenters. The lowest BCUT2D eigenvalue weighted by Gasteiger charge is -2.20. The monoisotopic (exact) mass is 275 g/mol. The molecule has 1 aliphatic heterocycles. The van der Waals surface area contributed by atoms with Gasteiger partial charge in [0.15, 0.2) is 0 Å². The van der Waals surface area contributed by atoms with Crippen molar-refractivity contribution in [1.29, 1.82) is 0 Å². The molecule has 1 aliphatic rings. The maximum atomic E-state index is 12.1. The van der Waals surface area contributed by atoms with Gasteiger partial charge in [-0.1, -0.05) is 6.07 Å². The van der Waals surface area contributed by atoms with E-state index in [4.69, 9.17) is 0 Å². The molecular weight excluding hydrogens is 254 g/mol. The van der Waals surface area contributed by atoms with Crippen molar-refractivity contribution in [2.24, 2.45) is 5.92 Å². The number of imidazole rings is 1. The molecule has 1 aromatic carbocycles. The van der Waals surface area contributed by atoms with E-state index in [1.807, 2.05) is 6.07 Å². The average Bonchev–Trinajstić information content (AvgIpc) is 2.97. The lowest BCUT2D eigenvalue weighted by atomic mass is 10.1. The largest absolute Gasteiger partial charge is 0.506 e. The molecule has 108 valence electrons. The van der Waals surface area contributed by atoms with Crippen molar-refractivity contribution in [2.45, 2.75) is 32.9 Å². The first kappa shape index (κ1) is 13.2. The highest BCUT2D eigenvalue weighted by molar-refractivity contribution is 5.81. The second-order valence-electron chi connectivity index (χ2n) is 5.96. The first-order valence-electron chi connectivity index (χ1n) is 7.21. The number of fused-ring (bicyclic) bond motifs is 1.